The van der Waals surface area contributed by atoms with Gasteiger partial charge in [0.2, 0.25) is 0 Å². The van der Waals surface area contributed by atoms with Crippen molar-refractivity contribution in [3.05, 3.63) is 73.9 Å². The first-order chi connectivity index (χ1) is 10.3. The maximum absolute atomic E-state index is 11.1. The average molecular weight is 283 g/mol. The van der Waals surface area contributed by atoms with Gasteiger partial charge >= 0.3 is 0 Å². The minimum absolute atomic E-state index is 0.00522. The van der Waals surface area contributed by atoms with Gasteiger partial charge in [-0.15, -0.1) is 0 Å². The van der Waals surface area contributed by atoms with E-state index in [0.717, 1.165) is 0 Å². The summed E-state index contributed by atoms with van der Waals surface area (Å²) in [6.07, 6.45) is 15.6. The van der Waals surface area contributed by atoms with Crippen molar-refractivity contribution in [1.29, 1.82) is 0 Å². The Labute approximate surface area is 121 Å². The highest BCUT2D eigenvalue weighted by Gasteiger charge is 1.95. The molecular weight excluding hydrogens is 270 g/mol. The SMILES string of the molecule is NC(=O)c1cnccnccnccnccnccn1. The highest BCUT2D eigenvalue weighted by molar-refractivity contribution is 5.90. The second kappa shape index (κ2) is 10.6. The summed E-state index contributed by atoms with van der Waals surface area (Å²) in [5.41, 5.74) is 5.15. The third-order valence-electron chi connectivity index (χ3n) is 1.77. The topological polar surface area (TPSA) is 120 Å². The summed E-state index contributed by atoms with van der Waals surface area (Å²) in [5.74, 6) is -0.697. The molecule has 1 aromatic rings. The van der Waals surface area contributed by atoms with Crippen LogP contribution in [0, 0.1) is 0 Å². The number of nitrogens with two attached hydrogens (primary N) is 1. The van der Waals surface area contributed by atoms with Gasteiger partial charge in [0.1, 0.15) is 5.69 Å². The van der Waals surface area contributed by atoms with Crippen LogP contribution in [-0.4, -0.2) is 35.8 Å². The van der Waals surface area contributed by atoms with E-state index in [1.165, 1.54) is 68.2 Å². The average Bonchev–Trinajstić information content (AvgIpc) is 2.47. The first-order valence-electron chi connectivity index (χ1n) is 5.76. The van der Waals surface area contributed by atoms with Crippen molar-refractivity contribution in [1.82, 2.24) is 29.9 Å². The Bertz CT molecular complexity index is 589. The van der Waals surface area contributed by atoms with Crippen LogP contribution in [0.25, 0.3) is 0 Å². The van der Waals surface area contributed by atoms with E-state index in [2.05, 4.69) is 29.9 Å². The highest BCUT2D eigenvalue weighted by atomic mass is 16.1. The molecule has 0 aliphatic heterocycles. The number of nitrogens with zero attached hydrogens (tertiary/aromatic N) is 6. The summed E-state index contributed by atoms with van der Waals surface area (Å²) in [4.78, 5) is 34.3. The lowest BCUT2D eigenvalue weighted by Gasteiger charge is -1.85. The van der Waals surface area contributed by atoms with Crippen molar-refractivity contribution in [3.8, 4) is 0 Å². The second-order valence-corrected chi connectivity index (χ2v) is 3.24. The van der Waals surface area contributed by atoms with E-state index >= 15 is 0 Å². The summed E-state index contributed by atoms with van der Waals surface area (Å²) in [6.45, 7) is 0. The van der Waals surface area contributed by atoms with E-state index in [0.29, 0.717) is 0 Å². The van der Waals surface area contributed by atoms with Gasteiger partial charge in [0.05, 0.1) is 6.20 Å². The Kier molecular flexibility index (Phi) is 7.97. The van der Waals surface area contributed by atoms with E-state index in [9.17, 15) is 4.79 Å². The molecule has 21 heavy (non-hydrogen) atoms. The van der Waals surface area contributed by atoms with Crippen LogP contribution in [0.1, 0.15) is 10.5 Å². The van der Waals surface area contributed by atoms with E-state index in [1.54, 1.807) is 0 Å². The van der Waals surface area contributed by atoms with Crippen molar-refractivity contribution >= 4 is 5.91 Å². The first kappa shape index (κ1) is 15.8. The van der Waals surface area contributed by atoms with Crippen LogP contribution >= 0.6 is 0 Å². The van der Waals surface area contributed by atoms with Gasteiger partial charge in [-0.1, -0.05) is 0 Å². The Hall–Kier alpha value is -3.29. The van der Waals surface area contributed by atoms with Crippen LogP contribution in [0.15, 0.2) is 68.2 Å². The molecule has 0 aliphatic rings. The Morgan fingerprint density at radius 3 is 1.48 bits per heavy atom. The molecule has 1 rings (SSSR count). The lowest BCUT2D eigenvalue weighted by atomic mass is 10.4. The summed E-state index contributed by atoms with van der Waals surface area (Å²) < 4.78 is 0. The van der Waals surface area contributed by atoms with Gasteiger partial charge in [-0.05, 0) is 0 Å². The highest BCUT2D eigenvalue weighted by Crippen LogP contribution is 1.82. The van der Waals surface area contributed by atoms with Crippen LogP contribution in [0.5, 0.6) is 0 Å². The molecule has 0 unspecified atom stereocenters. The molecule has 1 heterocycles. The van der Waals surface area contributed by atoms with Gasteiger partial charge in [-0.3, -0.25) is 29.7 Å². The summed E-state index contributed by atoms with van der Waals surface area (Å²) >= 11 is 0. The number of hydrogen-bond donors (Lipinski definition) is 1. The molecule has 0 saturated heterocycles. The standard InChI is InChI=1S/C13H13N7O/c14-13(21)12-11-19-8-7-17-4-3-15-1-2-16-5-6-18-9-10-20-12/h1-11H,(H2,14,21). The third-order valence-corrected chi connectivity index (χ3v) is 1.77. The molecule has 0 atom stereocenters. The van der Waals surface area contributed by atoms with E-state index in [4.69, 9.17) is 5.73 Å². The largest absolute Gasteiger partial charge is 0.364 e. The van der Waals surface area contributed by atoms with E-state index in [1.807, 2.05) is 0 Å². The third kappa shape index (κ3) is 8.43. The van der Waals surface area contributed by atoms with Crippen LogP contribution in [0.3, 0.4) is 0 Å². The zero-order valence-corrected chi connectivity index (χ0v) is 11.0. The van der Waals surface area contributed by atoms with Crippen molar-refractivity contribution in [2.45, 2.75) is 0 Å². The summed E-state index contributed by atoms with van der Waals surface area (Å²) in [7, 11) is 0. The lowest BCUT2D eigenvalue weighted by molar-refractivity contribution is 0.0995. The zero-order chi connectivity index (χ0) is 15.2. The molecule has 2 N–H and O–H groups in total. The van der Waals surface area contributed by atoms with E-state index in [-0.39, 0.29) is 5.69 Å². The predicted molar refractivity (Wildman–Crippen MR) is 74.6 cm³/mol. The molecule has 8 nitrogen and oxygen atoms in total. The van der Waals surface area contributed by atoms with Crippen LogP contribution in [0.2, 0.25) is 0 Å². The molecule has 1 aromatic heterocycles. The molecule has 0 aromatic carbocycles. The Balaban J connectivity index is 3.24. The number of amides is 1. The van der Waals surface area contributed by atoms with Gasteiger partial charge in [0, 0.05) is 62.0 Å². The monoisotopic (exact) mass is 283 g/mol. The number of primary amides is 1. The Morgan fingerprint density at radius 1 is 0.667 bits per heavy atom. The number of aromatic nitrogens is 6. The molecule has 0 radical (unpaired) electrons. The lowest BCUT2D eigenvalue weighted by Crippen LogP contribution is -2.12. The van der Waals surface area contributed by atoms with Crippen molar-refractivity contribution in [3.63, 3.8) is 0 Å². The van der Waals surface area contributed by atoms with Gasteiger partial charge in [-0.2, -0.15) is 0 Å². The smallest absolute Gasteiger partial charge is 0.268 e. The number of rotatable bonds is 1. The molecule has 0 bridgehead atoms. The maximum atomic E-state index is 11.1. The van der Waals surface area contributed by atoms with Crippen LogP contribution < -0.4 is 5.73 Å². The fraction of sp³-hybridized carbons (Fsp3) is 0. The van der Waals surface area contributed by atoms with Crippen molar-refractivity contribution < 1.29 is 4.79 Å². The minimum atomic E-state index is -0.697. The number of carbonyl (C=O) groups excluding carboxylic acids is 1. The zero-order valence-electron chi connectivity index (χ0n) is 11.0. The van der Waals surface area contributed by atoms with E-state index < -0.39 is 5.91 Å². The molecular formula is C13H13N7O. The van der Waals surface area contributed by atoms with Gasteiger partial charge < -0.3 is 5.73 Å². The number of hydrogen-bond acceptors (Lipinski definition) is 7. The molecule has 0 aliphatic carbocycles. The minimum Gasteiger partial charge on any atom is -0.364 e. The summed E-state index contributed by atoms with van der Waals surface area (Å²) in [5, 5.41) is 0. The Morgan fingerprint density at radius 2 is 1.05 bits per heavy atom. The molecule has 1 amide bonds. The van der Waals surface area contributed by atoms with Crippen molar-refractivity contribution in [2.24, 2.45) is 5.73 Å². The first-order valence-corrected chi connectivity index (χ1v) is 5.76. The molecule has 106 valence electrons. The predicted octanol–water partition coefficient (Wildman–Crippen LogP) is 0.529. The summed E-state index contributed by atoms with van der Waals surface area (Å²) in [6, 6.07) is 0. The molecule has 0 saturated carbocycles. The maximum Gasteiger partial charge on any atom is 0.268 e. The fourth-order valence-electron chi connectivity index (χ4n) is 0.933. The normalized spacial score (nSPS) is 8.38. The van der Waals surface area contributed by atoms with Crippen LogP contribution in [0.4, 0.5) is 0 Å². The van der Waals surface area contributed by atoms with Crippen LogP contribution in [-0.2, 0) is 0 Å². The van der Waals surface area contributed by atoms with Gasteiger partial charge in [0.15, 0.2) is 0 Å². The molecule has 0 fully saturated rings. The number of carbonyl (C=O) groups is 1. The fourth-order valence-corrected chi connectivity index (χ4v) is 0.933. The second-order valence-electron chi connectivity index (χ2n) is 3.24. The molecule has 8 heteroatoms. The van der Waals surface area contributed by atoms with Crippen molar-refractivity contribution in [2.75, 3.05) is 0 Å². The van der Waals surface area contributed by atoms with Gasteiger partial charge in [0.25, 0.3) is 5.91 Å². The van der Waals surface area contributed by atoms with Gasteiger partial charge in [-0.25, -0.2) is 4.98 Å². The molecule has 0 spiro atoms. The quantitative estimate of drug-likeness (QED) is 0.797.